The zero-order valence-corrected chi connectivity index (χ0v) is 12.9. The number of nitrogens with zero attached hydrogens (tertiary/aromatic N) is 3. The predicted octanol–water partition coefficient (Wildman–Crippen LogP) is 4.04. The predicted molar refractivity (Wildman–Crippen MR) is 84.4 cm³/mol. The number of alkyl halides is 1. The van der Waals surface area contributed by atoms with Crippen molar-refractivity contribution in [3.8, 4) is 11.4 Å². The van der Waals surface area contributed by atoms with Gasteiger partial charge in [-0.05, 0) is 49.7 Å². The van der Waals surface area contributed by atoms with Gasteiger partial charge in [0.1, 0.15) is 17.1 Å². The van der Waals surface area contributed by atoms with Crippen LogP contribution in [-0.2, 0) is 0 Å². The molecule has 2 aromatic heterocycles. The van der Waals surface area contributed by atoms with Crippen molar-refractivity contribution in [2.75, 3.05) is 7.11 Å². The number of aromatic nitrogens is 3. The second kappa shape index (κ2) is 5.37. The largest absolute Gasteiger partial charge is 0.497 e. The molecule has 0 radical (unpaired) electrons. The molecule has 5 heteroatoms. The topological polar surface area (TPSA) is 39.9 Å². The minimum absolute atomic E-state index is 0.207. The molecule has 0 bridgehead atoms. The smallest absolute Gasteiger partial charge is 0.164 e. The summed E-state index contributed by atoms with van der Waals surface area (Å²) in [6.45, 7) is 3.91. The van der Waals surface area contributed by atoms with Crippen LogP contribution >= 0.6 is 11.6 Å². The number of benzene rings is 1. The number of aryl methyl sites for hydroxylation is 1. The highest BCUT2D eigenvalue weighted by molar-refractivity contribution is 6.20. The fourth-order valence-corrected chi connectivity index (χ4v) is 2.48. The van der Waals surface area contributed by atoms with E-state index in [1.807, 2.05) is 54.9 Å². The first-order valence-electron chi connectivity index (χ1n) is 6.73. The third-order valence-electron chi connectivity index (χ3n) is 3.35. The van der Waals surface area contributed by atoms with Crippen molar-refractivity contribution in [3.05, 3.63) is 47.9 Å². The average Bonchev–Trinajstić information content (AvgIpc) is 2.86. The molecular formula is C16H16ClN3O. The molecule has 4 nitrogen and oxygen atoms in total. The third-order valence-corrected chi connectivity index (χ3v) is 3.54. The Morgan fingerprint density at radius 3 is 2.57 bits per heavy atom. The molecule has 21 heavy (non-hydrogen) atoms. The first-order chi connectivity index (χ1) is 10.1. The normalized spacial score (nSPS) is 12.6. The Hall–Kier alpha value is -2.07. The Morgan fingerprint density at radius 2 is 1.95 bits per heavy atom. The lowest BCUT2D eigenvalue weighted by Gasteiger charge is -2.10. The number of pyridine rings is 1. The lowest BCUT2D eigenvalue weighted by Crippen LogP contribution is -2.02. The molecule has 0 aliphatic heterocycles. The Kier molecular flexibility index (Phi) is 3.55. The zero-order valence-electron chi connectivity index (χ0n) is 12.2. The first kappa shape index (κ1) is 13.9. The molecule has 1 unspecified atom stereocenters. The van der Waals surface area contributed by atoms with Crippen LogP contribution in [0.2, 0.25) is 0 Å². The second-order valence-electron chi connectivity index (χ2n) is 4.97. The van der Waals surface area contributed by atoms with Crippen LogP contribution in [0.4, 0.5) is 0 Å². The maximum absolute atomic E-state index is 6.29. The summed E-state index contributed by atoms with van der Waals surface area (Å²) in [7, 11) is 1.65. The highest BCUT2D eigenvalue weighted by Crippen LogP contribution is 2.28. The van der Waals surface area contributed by atoms with E-state index in [4.69, 9.17) is 16.3 Å². The quantitative estimate of drug-likeness (QED) is 0.686. The van der Waals surface area contributed by atoms with E-state index in [0.717, 1.165) is 34.0 Å². The van der Waals surface area contributed by atoms with E-state index in [1.54, 1.807) is 7.11 Å². The molecule has 3 rings (SSSR count). The van der Waals surface area contributed by atoms with E-state index in [-0.39, 0.29) is 5.38 Å². The monoisotopic (exact) mass is 301 g/mol. The van der Waals surface area contributed by atoms with E-state index < -0.39 is 0 Å². The van der Waals surface area contributed by atoms with Crippen LogP contribution in [0.3, 0.4) is 0 Å². The lowest BCUT2D eigenvalue weighted by molar-refractivity contribution is 0.414. The van der Waals surface area contributed by atoms with Gasteiger partial charge in [0.05, 0.1) is 12.5 Å². The van der Waals surface area contributed by atoms with E-state index >= 15 is 0 Å². The molecule has 0 saturated heterocycles. The van der Waals surface area contributed by atoms with Crippen LogP contribution < -0.4 is 4.74 Å². The van der Waals surface area contributed by atoms with Gasteiger partial charge in [0, 0.05) is 11.9 Å². The SMILES string of the molecule is COc1ccc(-n2c(C(C)Cl)nc3cc(C)cnc32)cc1. The molecule has 0 spiro atoms. The molecular weight excluding hydrogens is 286 g/mol. The number of fused-ring (bicyclic) bond motifs is 1. The highest BCUT2D eigenvalue weighted by atomic mass is 35.5. The summed E-state index contributed by atoms with van der Waals surface area (Å²) in [5.74, 6) is 1.60. The van der Waals surface area contributed by atoms with Gasteiger partial charge >= 0.3 is 0 Å². The van der Waals surface area contributed by atoms with Gasteiger partial charge in [0.15, 0.2) is 5.65 Å². The van der Waals surface area contributed by atoms with Gasteiger partial charge < -0.3 is 4.74 Å². The van der Waals surface area contributed by atoms with Crippen LogP contribution in [0.5, 0.6) is 5.75 Å². The Bertz CT molecular complexity index is 778. The van der Waals surface area contributed by atoms with E-state index in [2.05, 4.69) is 9.97 Å². The van der Waals surface area contributed by atoms with Crippen molar-refractivity contribution in [1.29, 1.82) is 0 Å². The fraction of sp³-hybridized carbons (Fsp3) is 0.250. The summed E-state index contributed by atoms with van der Waals surface area (Å²) < 4.78 is 7.19. The molecule has 3 aromatic rings. The Labute approximate surface area is 128 Å². The summed E-state index contributed by atoms with van der Waals surface area (Å²) in [5, 5.41) is -0.207. The molecule has 1 aromatic carbocycles. The van der Waals surface area contributed by atoms with Gasteiger partial charge in [-0.2, -0.15) is 0 Å². The minimum Gasteiger partial charge on any atom is -0.497 e. The van der Waals surface area contributed by atoms with Crippen molar-refractivity contribution < 1.29 is 4.74 Å². The number of hydrogen-bond donors (Lipinski definition) is 0. The van der Waals surface area contributed by atoms with Gasteiger partial charge in [-0.3, -0.25) is 4.57 Å². The van der Waals surface area contributed by atoms with E-state index in [9.17, 15) is 0 Å². The van der Waals surface area contributed by atoms with Crippen LogP contribution in [0.15, 0.2) is 36.5 Å². The summed E-state index contributed by atoms with van der Waals surface area (Å²) in [6, 6.07) is 9.80. The van der Waals surface area contributed by atoms with Crippen LogP contribution in [0.25, 0.3) is 16.9 Å². The second-order valence-corrected chi connectivity index (χ2v) is 5.63. The number of methoxy groups -OCH3 is 1. The molecule has 0 aliphatic carbocycles. The summed E-state index contributed by atoms with van der Waals surface area (Å²) in [4.78, 5) is 9.14. The van der Waals surface area contributed by atoms with Crippen LogP contribution in [0, 0.1) is 6.92 Å². The van der Waals surface area contributed by atoms with Crippen molar-refractivity contribution in [2.24, 2.45) is 0 Å². The van der Waals surface area contributed by atoms with Crippen molar-refractivity contribution in [3.63, 3.8) is 0 Å². The highest BCUT2D eigenvalue weighted by Gasteiger charge is 2.17. The molecule has 2 heterocycles. The molecule has 0 N–H and O–H groups in total. The molecule has 108 valence electrons. The zero-order chi connectivity index (χ0) is 15.0. The fourth-order valence-electron chi connectivity index (χ4n) is 2.34. The van der Waals surface area contributed by atoms with Gasteiger partial charge in [-0.15, -0.1) is 11.6 Å². The van der Waals surface area contributed by atoms with Gasteiger partial charge in [-0.1, -0.05) is 0 Å². The Morgan fingerprint density at radius 1 is 1.24 bits per heavy atom. The number of imidazole rings is 1. The van der Waals surface area contributed by atoms with Crippen molar-refractivity contribution >= 4 is 22.8 Å². The summed E-state index contributed by atoms with van der Waals surface area (Å²) >= 11 is 6.29. The summed E-state index contributed by atoms with van der Waals surface area (Å²) in [6.07, 6.45) is 1.84. The third kappa shape index (κ3) is 2.47. The number of halogens is 1. The Balaban J connectivity index is 2.25. The maximum Gasteiger partial charge on any atom is 0.164 e. The summed E-state index contributed by atoms with van der Waals surface area (Å²) in [5.41, 5.74) is 3.72. The minimum atomic E-state index is -0.207. The van der Waals surface area contributed by atoms with Crippen LogP contribution in [0.1, 0.15) is 23.7 Å². The van der Waals surface area contributed by atoms with Gasteiger partial charge in [-0.25, -0.2) is 9.97 Å². The first-order valence-corrected chi connectivity index (χ1v) is 7.17. The van der Waals surface area contributed by atoms with Crippen molar-refractivity contribution in [1.82, 2.24) is 14.5 Å². The maximum atomic E-state index is 6.29. The van der Waals surface area contributed by atoms with E-state index in [0.29, 0.717) is 0 Å². The molecule has 0 fully saturated rings. The standard InChI is InChI=1S/C16H16ClN3O/c1-10-8-14-16(18-9-10)20(15(19-14)11(2)17)12-4-6-13(21-3)7-5-12/h4-9,11H,1-3H3. The number of hydrogen-bond acceptors (Lipinski definition) is 3. The molecule has 0 aliphatic rings. The number of rotatable bonds is 3. The molecule has 0 saturated carbocycles. The van der Waals surface area contributed by atoms with Gasteiger partial charge in [0.25, 0.3) is 0 Å². The van der Waals surface area contributed by atoms with Crippen LogP contribution in [-0.4, -0.2) is 21.6 Å². The molecule has 0 amide bonds. The molecule has 1 atom stereocenters. The lowest BCUT2D eigenvalue weighted by atomic mass is 10.2. The van der Waals surface area contributed by atoms with Gasteiger partial charge in [0.2, 0.25) is 0 Å². The average molecular weight is 302 g/mol. The van der Waals surface area contributed by atoms with Crippen molar-refractivity contribution in [2.45, 2.75) is 19.2 Å². The van der Waals surface area contributed by atoms with E-state index in [1.165, 1.54) is 0 Å². The number of ether oxygens (including phenoxy) is 1.